The minimum Gasteiger partial charge on any atom is -0.415 e. The summed E-state index contributed by atoms with van der Waals surface area (Å²) in [5.74, 6) is 0.736. The summed E-state index contributed by atoms with van der Waals surface area (Å²) in [4.78, 5) is 8.41. The maximum absolute atomic E-state index is 6.11. The van der Waals surface area contributed by atoms with Crippen LogP contribution < -0.4 is 0 Å². The molecular weight excluding hydrogens is 308 g/mol. The van der Waals surface area contributed by atoms with Gasteiger partial charge in [0.1, 0.15) is 0 Å². The maximum atomic E-state index is 6.11. The van der Waals surface area contributed by atoms with Crippen molar-refractivity contribution < 1.29 is 4.42 Å². The predicted octanol–water partition coefficient (Wildman–Crippen LogP) is 3.88. The molecule has 0 saturated heterocycles. The molecule has 0 aliphatic carbocycles. The second-order valence-corrected chi connectivity index (χ2v) is 5.46. The highest BCUT2D eigenvalue weighted by molar-refractivity contribution is 7.98. The zero-order valence-corrected chi connectivity index (χ0v) is 12.9. The number of thioether (sulfide) groups is 1. The van der Waals surface area contributed by atoms with Crippen molar-refractivity contribution in [2.24, 2.45) is 0 Å². The van der Waals surface area contributed by atoms with Crippen molar-refractivity contribution >= 4 is 23.4 Å². The van der Waals surface area contributed by atoms with E-state index >= 15 is 0 Å². The zero-order chi connectivity index (χ0) is 14.8. The van der Waals surface area contributed by atoms with Gasteiger partial charge >= 0.3 is 0 Å². The van der Waals surface area contributed by atoms with Crippen LogP contribution in [0.3, 0.4) is 0 Å². The molecule has 1 aromatic carbocycles. The fourth-order valence-electron chi connectivity index (χ4n) is 1.84. The molecule has 106 valence electrons. The van der Waals surface area contributed by atoms with Gasteiger partial charge in [0.05, 0.1) is 11.2 Å². The number of hydrogen-bond acceptors (Lipinski definition) is 6. The smallest absolute Gasteiger partial charge is 0.268 e. The number of aryl methyl sites for hydroxylation is 1. The van der Waals surface area contributed by atoms with Gasteiger partial charge in [-0.25, -0.2) is 9.97 Å². The van der Waals surface area contributed by atoms with Crippen molar-refractivity contribution in [1.29, 1.82) is 0 Å². The first-order chi connectivity index (χ1) is 10.2. The minimum atomic E-state index is 0.288. The summed E-state index contributed by atoms with van der Waals surface area (Å²) in [7, 11) is 0. The predicted molar refractivity (Wildman–Crippen MR) is 82.3 cm³/mol. The normalized spacial score (nSPS) is 10.8. The maximum Gasteiger partial charge on any atom is 0.268 e. The van der Waals surface area contributed by atoms with Crippen molar-refractivity contribution in [3.05, 3.63) is 41.0 Å². The van der Waals surface area contributed by atoms with E-state index in [1.54, 1.807) is 0 Å². The van der Waals surface area contributed by atoms with Crippen molar-refractivity contribution in [3.8, 4) is 23.0 Å². The first-order valence-corrected chi connectivity index (χ1v) is 7.75. The standard InChI is InChI=1S/C14H11ClN4OS/c1-8-5-3-4-6-9(8)12-18-19-13(20-12)11-10(15)7-16-14(17-11)21-2/h3-7H,1-2H3. The summed E-state index contributed by atoms with van der Waals surface area (Å²) in [6, 6.07) is 7.81. The van der Waals surface area contributed by atoms with Gasteiger partial charge in [0.25, 0.3) is 5.89 Å². The molecule has 2 heterocycles. The Bertz CT molecular complexity index is 790. The van der Waals surface area contributed by atoms with Crippen LogP contribution in [0.2, 0.25) is 5.02 Å². The molecule has 0 atom stereocenters. The molecule has 0 spiro atoms. The van der Waals surface area contributed by atoms with Crippen molar-refractivity contribution in [2.75, 3.05) is 6.26 Å². The van der Waals surface area contributed by atoms with E-state index in [4.69, 9.17) is 16.0 Å². The lowest BCUT2D eigenvalue weighted by Crippen LogP contribution is -1.91. The number of aromatic nitrogens is 4. The number of benzene rings is 1. The molecule has 0 unspecified atom stereocenters. The molecular formula is C14H11ClN4OS. The average molecular weight is 319 g/mol. The number of halogens is 1. The molecule has 5 nitrogen and oxygen atoms in total. The van der Waals surface area contributed by atoms with Gasteiger partial charge in [0.15, 0.2) is 10.9 Å². The van der Waals surface area contributed by atoms with Crippen LogP contribution >= 0.6 is 23.4 Å². The Morgan fingerprint density at radius 1 is 1.14 bits per heavy atom. The molecule has 0 saturated carbocycles. The fraction of sp³-hybridized carbons (Fsp3) is 0.143. The second-order valence-electron chi connectivity index (χ2n) is 4.28. The summed E-state index contributed by atoms with van der Waals surface area (Å²) in [5, 5.41) is 9.10. The Morgan fingerprint density at radius 3 is 2.67 bits per heavy atom. The van der Waals surface area contributed by atoms with Crippen LogP contribution in [0.4, 0.5) is 0 Å². The Morgan fingerprint density at radius 2 is 1.90 bits per heavy atom. The monoisotopic (exact) mass is 318 g/mol. The Kier molecular flexibility index (Phi) is 3.90. The third-order valence-corrected chi connectivity index (χ3v) is 3.75. The Hall–Kier alpha value is -1.92. The molecule has 7 heteroatoms. The third kappa shape index (κ3) is 2.77. The number of rotatable bonds is 3. The Labute approximate surface area is 130 Å². The van der Waals surface area contributed by atoms with Gasteiger partial charge in [-0.05, 0) is 24.8 Å². The van der Waals surface area contributed by atoms with Crippen LogP contribution in [0.15, 0.2) is 40.0 Å². The van der Waals surface area contributed by atoms with Crippen LogP contribution in [0.1, 0.15) is 5.56 Å². The first kappa shape index (κ1) is 14.0. The largest absolute Gasteiger partial charge is 0.415 e. The van der Waals surface area contributed by atoms with Gasteiger partial charge in [-0.1, -0.05) is 41.6 Å². The summed E-state index contributed by atoms with van der Waals surface area (Å²) < 4.78 is 5.71. The molecule has 0 fully saturated rings. The summed E-state index contributed by atoms with van der Waals surface area (Å²) in [5.41, 5.74) is 2.40. The molecule has 3 aromatic rings. The molecule has 0 N–H and O–H groups in total. The van der Waals surface area contributed by atoms with E-state index in [0.29, 0.717) is 21.8 Å². The Balaban J connectivity index is 2.05. The van der Waals surface area contributed by atoms with Gasteiger partial charge < -0.3 is 4.42 Å². The van der Waals surface area contributed by atoms with E-state index in [1.807, 2.05) is 37.4 Å². The zero-order valence-electron chi connectivity index (χ0n) is 11.4. The number of nitrogens with zero attached hydrogens (tertiary/aromatic N) is 4. The molecule has 0 amide bonds. The van der Waals surface area contributed by atoms with Crippen LogP contribution in [-0.2, 0) is 0 Å². The van der Waals surface area contributed by atoms with Gasteiger partial charge in [0, 0.05) is 5.56 Å². The van der Waals surface area contributed by atoms with E-state index in [-0.39, 0.29) is 5.89 Å². The van der Waals surface area contributed by atoms with Gasteiger partial charge in [0.2, 0.25) is 5.89 Å². The van der Waals surface area contributed by atoms with Crippen molar-refractivity contribution in [2.45, 2.75) is 12.1 Å². The van der Waals surface area contributed by atoms with Crippen molar-refractivity contribution in [1.82, 2.24) is 20.2 Å². The summed E-state index contributed by atoms with van der Waals surface area (Å²) in [6.45, 7) is 1.99. The van der Waals surface area contributed by atoms with Crippen LogP contribution in [-0.4, -0.2) is 26.4 Å². The van der Waals surface area contributed by atoms with Crippen LogP contribution in [0.25, 0.3) is 23.0 Å². The molecule has 0 aliphatic rings. The van der Waals surface area contributed by atoms with Crippen molar-refractivity contribution in [3.63, 3.8) is 0 Å². The number of hydrogen-bond donors (Lipinski definition) is 0. The van der Waals surface area contributed by atoms with Crippen LogP contribution in [0.5, 0.6) is 0 Å². The highest BCUT2D eigenvalue weighted by Crippen LogP contribution is 2.29. The lowest BCUT2D eigenvalue weighted by atomic mass is 10.1. The van der Waals surface area contributed by atoms with E-state index in [0.717, 1.165) is 11.1 Å². The first-order valence-electron chi connectivity index (χ1n) is 6.15. The molecule has 2 aromatic heterocycles. The SMILES string of the molecule is CSc1ncc(Cl)c(-c2nnc(-c3ccccc3C)o2)n1. The molecule has 0 radical (unpaired) electrons. The van der Waals surface area contributed by atoms with Gasteiger partial charge in [-0.3, -0.25) is 0 Å². The van der Waals surface area contributed by atoms with E-state index in [1.165, 1.54) is 18.0 Å². The topological polar surface area (TPSA) is 64.7 Å². The molecule has 0 aliphatic heterocycles. The van der Waals surface area contributed by atoms with Gasteiger partial charge in [-0.15, -0.1) is 10.2 Å². The lowest BCUT2D eigenvalue weighted by Gasteiger charge is -2.00. The molecule has 3 rings (SSSR count). The van der Waals surface area contributed by atoms with E-state index < -0.39 is 0 Å². The fourth-order valence-corrected chi connectivity index (χ4v) is 2.35. The van der Waals surface area contributed by atoms with Crippen LogP contribution in [0, 0.1) is 6.92 Å². The third-order valence-electron chi connectivity index (χ3n) is 2.91. The van der Waals surface area contributed by atoms with E-state index in [9.17, 15) is 0 Å². The molecule has 0 bridgehead atoms. The summed E-state index contributed by atoms with van der Waals surface area (Å²) >= 11 is 7.53. The molecule has 21 heavy (non-hydrogen) atoms. The summed E-state index contributed by atoms with van der Waals surface area (Å²) in [6.07, 6.45) is 3.42. The second kappa shape index (κ2) is 5.83. The highest BCUT2D eigenvalue weighted by Gasteiger charge is 2.16. The van der Waals surface area contributed by atoms with E-state index in [2.05, 4.69) is 20.2 Å². The minimum absolute atomic E-state index is 0.288. The highest BCUT2D eigenvalue weighted by atomic mass is 35.5. The average Bonchev–Trinajstić information content (AvgIpc) is 2.97. The van der Waals surface area contributed by atoms with Gasteiger partial charge in [-0.2, -0.15) is 0 Å². The quantitative estimate of drug-likeness (QED) is 0.539. The lowest BCUT2D eigenvalue weighted by molar-refractivity contribution is 0.580.